The molecule has 0 radical (unpaired) electrons. The number of fused-ring (bicyclic) bond motifs is 13. The molecule has 3 heterocycles. The van der Waals surface area contributed by atoms with Crippen LogP contribution in [-0.2, 0) is 10.2 Å². The van der Waals surface area contributed by atoms with Crippen LogP contribution in [0.4, 0.5) is 0 Å². The van der Waals surface area contributed by atoms with Gasteiger partial charge in [0.2, 0.25) is 17.9 Å². The van der Waals surface area contributed by atoms with Crippen molar-refractivity contribution in [3.63, 3.8) is 0 Å². The lowest BCUT2D eigenvalue weighted by Crippen LogP contribution is -2.50. The standard InChI is InChI=1S/C33H31N2O3/c1-18(2)24-16-25-26(22-13-9-8-12-21(22)24)31(3)32(4,33(31,36)37-5)35-17-34-27-23-15-14-19-10-6-7-11-20(19)29(23)38-30(27)28(25)35/h6-18,27,30,36H,1-5H3/q+1. The van der Waals surface area contributed by atoms with Crippen molar-refractivity contribution in [2.24, 2.45) is 4.99 Å². The fraction of sp³-hybridized carbons (Fsp3) is 0.333. The summed E-state index contributed by atoms with van der Waals surface area (Å²) < 4.78 is 15.0. The summed E-state index contributed by atoms with van der Waals surface area (Å²) in [5.74, 6) is -0.151. The van der Waals surface area contributed by atoms with E-state index in [1.807, 2.05) is 6.34 Å². The molecule has 0 bridgehead atoms. The summed E-state index contributed by atoms with van der Waals surface area (Å²) in [6.07, 6.45) is 1.62. The zero-order chi connectivity index (χ0) is 26.2. The minimum atomic E-state index is -1.39. The topological polar surface area (TPSA) is 54.1 Å². The minimum Gasteiger partial charge on any atom is -0.476 e. The molecule has 1 N–H and O–H groups in total. The lowest BCUT2D eigenvalue weighted by atomic mass is 9.76. The SMILES string of the molecule is COC1(O)C2(C)c3c(cc(C(C)C)c4ccccc34)C3=[N+](C=NC4c5ccc6ccccc6c5OC34)C12C. The molecule has 0 spiro atoms. The number of hydrogen-bond acceptors (Lipinski definition) is 4. The van der Waals surface area contributed by atoms with Crippen LogP contribution in [0.25, 0.3) is 21.5 Å². The van der Waals surface area contributed by atoms with E-state index >= 15 is 0 Å². The highest BCUT2D eigenvalue weighted by molar-refractivity contribution is 6.12. The van der Waals surface area contributed by atoms with Crippen LogP contribution in [0.15, 0.2) is 71.7 Å². The van der Waals surface area contributed by atoms with Crippen LogP contribution in [0, 0.1) is 0 Å². The van der Waals surface area contributed by atoms with E-state index in [2.05, 4.69) is 99.0 Å². The molecule has 3 aliphatic heterocycles. The van der Waals surface area contributed by atoms with Gasteiger partial charge < -0.3 is 14.6 Å². The Labute approximate surface area is 222 Å². The van der Waals surface area contributed by atoms with Crippen molar-refractivity contribution in [3.05, 3.63) is 89.0 Å². The number of aliphatic imine (C=N–C) groups is 1. The summed E-state index contributed by atoms with van der Waals surface area (Å²) in [5, 5.41) is 16.8. The van der Waals surface area contributed by atoms with Crippen molar-refractivity contribution >= 4 is 33.6 Å². The molecule has 5 unspecified atom stereocenters. The lowest BCUT2D eigenvalue weighted by Gasteiger charge is -2.33. The second kappa shape index (κ2) is 6.90. The predicted octanol–water partition coefficient (Wildman–Crippen LogP) is 5.84. The third-order valence-corrected chi connectivity index (χ3v) is 10.1. The monoisotopic (exact) mass is 503 g/mol. The highest BCUT2D eigenvalue weighted by atomic mass is 16.6. The third-order valence-electron chi connectivity index (χ3n) is 10.1. The van der Waals surface area contributed by atoms with E-state index < -0.39 is 16.7 Å². The second-order valence-corrected chi connectivity index (χ2v) is 11.8. The van der Waals surface area contributed by atoms with E-state index in [-0.39, 0.29) is 12.1 Å². The number of ether oxygens (including phenoxy) is 2. The Morgan fingerprint density at radius 1 is 0.974 bits per heavy atom. The Morgan fingerprint density at radius 3 is 2.42 bits per heavy atom. The van der Waals surface area contributed by atoms with E-state index in [9.17, 15) is 5.11 Å². The van der Waals surface area contributed by atoms with Crippen LogP contribution >= 0.6 is 0 Å². The first-order chi connectivity index (χ1) is 18.3. The Bertz CT molecular complexity index is 1790. The maximum Gasteiger partial charge on any atom is 0.282 e. The maximum absolute atomic E-state index is 12.1. The molecule has 0 aromatic heterocycles. The molecule has 0 saturated heterocycles. The Kier molecular flexibility index (Phi) is 4.08. The molecule has 1 saturated carbocycles. The van der Waals surface area contributed by atoms with Crippen molar-refractivity contribution in [3.8, 4) is 5.75 Å². The first-order valence-electron chi connectivity index (χ1n) is 13.5. The van der Waals surface area contributed by atoms with Gasteiger partial charge in [0.25, 0.3) is 6.34 Å². The van der Waals surface area contributed by atoms with Crippen LogP contribution in [0.5, 0.6) is 5.75 Å². The van der Waals surface area contributed by atoms with Crippen molar-refractivity contribution in [2.75, 3.05) is 7.11 Å². The summed E-state index contributed by atoms with van der Waals surface area (Å²) in [4.78, 5) is 5.06. The van der Waals surface area contributed by atoms with Gasteiger partial charge in [-0.25, -0.2) is 4.58 Å². The molecular weight excluding hydrogens is 472 g/mol. The van der Waals surface area contributed by atoms with Gasteiger partial charge in [0, 0.05) is 23.6 Å². The fourth-order valence-electron chi connectivity index (χ4n) is 7.99. The molecule has 1 fully saturated rings. The van der Waals surface area contributed by atoms with Gasteiger partial charge >= 0.3 is 0 Å². The average molecular weight is 504 g/mol. The van der Waals surface area contributed by atoms with Crippen molar-refractivity contribution in [2.45, 2.75) is 62.5 Å². The maximum atomic E-state index is 12.1. The number of rotatable bonds is 2. The molecular formula is C33H31N2O3+. The summed E-state index contributed by atoms with van der Waals surface area (Å²) in [6, 6.07) is 23.5. The lowest BCUT2D eigenvalue weighted by molar-refractivity contribution is -0.491. The molecule has 4 aliphatic rings. The number of hydrogen-bond donors (Lipinski definition) is 1. The number of methoxy groups -OCH3 is 1. The van der Waals surface area contributed by atoms with Crippen LogP contribution in [0.2, 0.25) is 0 Å². The molecule has 0 amide bonds. The zero-order valence-corrected chi connectivity index (χ0v) is 22.3. The van der Waals surface area contributed by atoms with E-state index in [1.54, 1.807) is 7.11 Å². The van der Waals surface area contributed by atoms with Gasteiger partial charge in [-0.15, -0.1) is 0 Å². The van der Waals surface area contributed by atoms with Crippen LogP contribution < -0.4 is 4.74 Å². The van der Waals surface area contributed by atoms with Gasteiger partial charge in [0.05, 0.1) is 0 Å². The van der Waals surface area contributed by atoms with E-state index in [0.29, 0.717) is 5.92 Å². The molecule has 4 aromatic rings. The van der Waals surface area contributed by atoms with Crippen LogP contribution in [-0.4, -0.2) is 46.3 Å². The van der Waals surface area contributed by atoms with E-state index in [4.69, 9.17) is 14.5 Å². The van der Waals surface area contributed by atoms with Gasteiger partial charge in [-0.1, -0.05) is 79.5 Å². The Hall–Kier alpha value is -3.54. The first-order valence-corrected chi connectivity index (χ1v) is 13.5. The van der Waals surface area contributed by atoms with Crippen molar-refractivity contribution < 1.29 is 19.2 Å². The molecule has 5 atom stereocenters. The molecule has 4 aromatic carbocycles. The van der Waals surface area contributed by atoms with E-state index in [0.717, 1.165) is 38.9 Å². The van der Waals surface area contributed by atoms with Gasteiger partial charge in [-0.2, -0.15) is 0 Å². The van der Waals surface area contributed by atoms with Gasteiger partial charge in [0.15, 0.2) is 11.3 Å². The molecule has 8 rings (SSSR count). The van der Waals surface area contributed by atoms with Crippen molar-refractivity contribution in [1.82, 2.24) is 0 Å². The summed E-state index contributed by atoms with van der Waals surface area (Å²) >= 11 is 0. The predicted molar refractivity (Wildman–Crippen MR) is 150 cm³/mol. The fourth-order valence-corrected chi connectivity index (χ4v) is 7.99. The molecule has 1 aliphatic carbocycles. The van der Waals surface area contributed by atoms with Gasteiger partial charge in [-0.3, -0.25) is 0 Å². The van der Waals surface area contributed by atoms with Crippen LogP contribution in [0.3, 0.4) is 0 Å². The molecule has 5 nitrogen and oxygen atoms in total. The average Bonchev–Trinajstić information content (AvgIpc) is 3.17. The molecule has 190 valence electrons. The highest BCUT2D eigenvalue weighted by Gasteiger charge is 2.92. The second-order valence-electron chi connectivity index (χ2n) is 11.8. The minimum absolute atomic E-state index is 0.148. The first kappa shape index (κ1) is 22.4. The van der Waals surface area contributed by atoms with Gasteiger partial charge in [-0.05, 0) is 53.1 Å². The summed E-state index contributed by atoms with van der Waals surface area (Å²) in [5.41, 5.74) is 4.31. The van der Waals surface area contributed by atoms with Gasteiger partial charge in [0.1, 0.15) is 11.2 Å². The third kappa shape index (κ3) is 2.21. The van der Waals surface area contributed by atoms with Crippen molar-refractivity contribution in [1.29, 1.82) is 0 Å². The normalized spacial score (nSPS) is 32.1. The smallest absolute Gasteiger partial charge is 0.282 e. The largest absolute Gasteiger partial charge is 0.476 e. The molecule has 5 heteroatoms. The number of benzene rings is 4. The van der Waals surface area contributed by atoms with Crippen LogP contribution in [0.1, 0.15) is 61.9 Å². The van der Waals surface area contributed by atoms with E-state index in [1.165, 1.54) is 16.3 Å². The Balaban J connectivity index is 1.46. The quantitative estimate of drug-likeness (QED) is 0.276. The zero-order valence-electron chi connectivity index (χ0n) is 22.3. The number of aliphatic hydroxyl groups is 1. The molecule has 38 heavy (non-hydrogen) atoms. The summed E-state index contributed by atoms with van der Waals surface area (Å²) in [7, 11) is 1.61. The summed E-state index contributed by atoms with van der Waals surface area (Å²) in [6.45, 7) is 8.71. The number of nitrogens with zero attached hydrogens (tertiary/aromatic N) is 2. The highest BCUT2D eigenvalue weighted by Crippen LogP contribution is 2.71. The Morgan fingerprint density at radius 2 is 1.68 bits per heavy atom.